The van der Waals surface area contributed by atoms with Crippen LogP contribution in [0.25, 0.3) is 10.9 Å². The Morgan fingerprint density at radius 1 is 1.00 bits per heavy atom. The van der Waals surface area contributed by atoms with E-state index < -0.39 is 0 Å². The van der Waals surface area contributed by atoms with Crippen LogP contribution in [0.3, 0.4) is 0 Å². The standard InChI is InChI=1S/C30H32N2O4S/c1-34-21-6-9-26-24(13-21)25-14-27-23-15-30(36-17-19-4-7-22(37-3)8-5-19)29(35-2)12-20(23)10-11-31(27)16-28(25)32(26)18-33/h4-9,12-13,15,27,33H,10-11,14,16-18H2,1-3H3. The van der Waals surface area contributed by atoms with Gasteiger partial charge in [-0.15, -0.1) is 11.8 Å². The molecule has 0 fully saturated rings. The van der Waals surface area contributed by atoms with Crippen molar-refractivity contribution in [1.29, 1.82) is 0 Å². The van der Waals surface area contributed by atoms with Crippen molar-refractivity contribution in [3.8, 4) is 17.2 Å². The maximum atomic E-state index is 10.2. The number of fused-ring (bicyclic) bond motifs is 6. The van der Waals surface area contributed by atoms with Gasteiger partial charge in [-0.05, 0) is 83.8 Å². The van der Waals surface area contributed by atoms with Gasteiger partial charge in [-0.25, -0.2) is 0 Å². The first-order chi connectivity index (χ1) is 18.1. The monoisotopic (exact) mass is 516 g/mol. The molecule has 6 nitrogen and oxygen atoms in total. The molecule has 0 saturated carbocycles. The molecular weight excluding hydrogens is 484 g/mol. The Morgan fingerprint density at radius 2 is 1.84 bits per heavy atom. The Hall–Kier alpha value is -3.13. The van der Waals surface area contributed by atoms with E-state index in [1.54, 1.807) is 26.0 Å². The molecular formula is C30H32N2O4S. The SMILES string of the molecule is COc1ccc2c(c1)c1c(n2CO)CN2CCc3cc(OC)c(OCc4ccc(SC)cc4)cc3C2C1. The fourth-order valence-electron chi connectivity index (χ4n) is 5.88. The Labute approximate surface area is 221 Å². The van der Waals surface area contributed by atoms with Crippen molar-refractivity contribution in [3.05, 3.63) is 82.5 Å². The number of nitrogens with zero attached hydrogens (tertiary/aromatic N) is 2. The van der Waals surface area contributed by atoms with Crippen molar-refractivity contribution in [3.63, 3.8) is 0 Å². The van der Waals surface area contributed by atoms with Crippen molar-refractivity contribution in [2.24, 2.45) is 0 Å². The molecule has 0 spiro atoms. The fraction of sp³-hybridized carbons (Fsp3) is 0.333. The molecule has 2 aliphatic rings. The van der Waals surface area contributed by atoms with E-state index in [1.165, 1.54) is 27.3 Å². The molecule has 2 aliphatic heterocycles. The smallest absolute Gasteiger partial charge is 0.162 e. The molecule has 37 heavy (non-hydrogen) atoms. The molecule has 6 rings (SSSR count). The Morgan fingerprint density at radius 3 is 2.57 bits per heavy atom. The van der Waals surface area contributed by atoms with Gasteiger partial charge in [0, 0.05) is 35.1 Å². The van der Waals surface area contributed by atoms with Crippen molar-refractivity contribution in [2.75, 3.05) is 27.0 Å². The van der Waals surface area contributed by atoms with Crippen molar-refractivity contribution in [2.45, 2.75) is 43.7 Å². The molecule has 1 aromatic heterocycles. The molecule has 0 amide bonds. The van der Waals surface area contributed by atoms with Gasteiger partial charge in [-0.2, -0.15) is 0 Å². The average molecular weight is 517 g/mol. The topological polar surface area (TPSA) is 56.1 Å². The largest absolute Gasteiger partial charge is 0.497 e. The number of thioether (sulfide) groups is 1. The van der Waals surface area contributed by atoms with Crippen LogP contribution in [0.5, 0.6) is 17.2 Å². The van der Waals surface area contributed by atoms with Crippen LogP contribution < -0.4 is 14.2 Å². The summed E-state index contributed by atoms with van der Waals surface area (Å²) < 4.78 is 19.6. The van der Waals surface area contributed by atoms with Gasteiger partial charge in [0.25, 0.3) is 0 Å². The second kappa shape index (κ2) is 9.97. The third-order valence-corrected chi connectivity index (χ3v) is 8.58. The summed E-state index contributed by atoms with van der Waals surface area (Å²) in [5.74, 6) is 2.40. The van der Waals surface area contributed by atoms with Gasteiger partial charge in [-0.1, -0.05) is 12.1 Å². The van der Waals surface area contributed by atoms with E-state index in [2.05, 4.69) is 59.7 Å². The zero-order chi connectivity index (χ0) is 25.5. The van der Waals surface area contributed by atoms with Crippen LogP contribution in [-0.4, -0.2) is 41.6 Å². The number of hydrogen-bond donors (Lipinski definition) is 1. The van der Waals surface area contributed by atoms with Crippen LogP contribution in [0.4, 0.5) is 0 Å². The molecule has 3 aromatic carbocycles. The molecule has 192 valence electrons. The van der Waals surface area contributed by atoms with E-state index in [-0.39, 0.29) is 12.8 Å². The predicted molar refractivity (Wildman–Crippen MR) is 147 cm³/mol. The summed E-state index contributed by atoms with van der Waals surface area (Å²) in [6, 6.07) is 19.2. The maximum Gasteiger partial charge on any atom is 0.162 e. The minimum Gasteiger partial charge on any atom is -0.497 e. The van der Waals surface area contributed by atoms with Crippen molar-refractivity contribution < 1.29 is 19.3 Å². The van der Waals surface area contributed by atoms with Crippen LogP contribution in [0, 0.1) is 0 Å². The highest BCUT2D eigenvalue weighted by Gasteiger charge is 2.36. The summed E-state index contributed by atoms with van der Waals surface area (Å²) in [4.78, 5) is 3.77. The van der Waals surface area contributed by atoms with Crippen LogP contribution >= 0.6 is 11.8 Å². The minimum absolute atomic E-state index is 0.0274. The summed E-state index contributed by atoms with van der Waals surface area (Å²) in [6.07, 6.45) is 3.92. The van der Waals surface area contributed by atoms with E-state index in [1.807, 2.05) is 10.6 Å². The molecule has 4 aromatic rings. The van der Waals surface area contributed by atoms with E-state index in [0.29, 0.717) is 6.61 Å². The zero-order valence-corrected chi connectivity index (χ0v) is 22.3. The molecule has 0 bridgehead atoms. The van der Waals surface area contributed by atoms with Crippen LogP contribution in [0.15, 0.2) is 59.5 Å². The Bertz CT molecular complexity index is 1450. The van der Waals surface area contributed by atoms with E-state index in [9.17, 15) is 5.11 Å². The van der Waals surface area contributed by atoms with Gasteiger partial charge in [0.05, 0.1) is 19.7 Å². The van der Waals surface area contributed by atoms with Gasteiger partial charge in [0.15, 0.2) is 11.5 Å². The Balaban J connectivity index is 1.35. The van der Waals surface area contributed by atoms with Crippen molar-refractivity contribution in [1.82, 2.24) is 9.47 Å². The third kappa shape index (κ3) is 4.25. The summed E-state index contributed by atoms with van der Waals surface area (Å²) in [7, 11) is 3.41. The first kappa shape index (κ1) is 24.2. The summed E-state index contributed by atoms with van der Waals surface area (Å²) in [6.45, 7) is 2.24. The molecule has 0 aliphatic carbocycles. The van der Waals surface area contributed by atoms with Gasteiger partial charge in [0.2, 0.25) is 0 Å². The van der Waals surface area contributed by atoms with E-state index in [4.69, 9.17) is 14.2 Å². The van der Waals surface area contributed by atoms with E-state index >= 15 is 0 Å². The number of aliphatic hydroxyl groups excluding tert-OH is 1. The first-order valence-electron chi connectivity index (χ1n) is 12.6. The number of methoxy groups -OCH3 is 2. The van der Waals surface area contributed by atoms with Crippen molar-refractivity contribution >= 4 is 22.7 Å². The summed E-state index contributed by atoms with van der Waals surface area (Å²) in [5.41, 5.74) is 7.31. The number of benzene rings is 3. The minimum atomic E-state index is -0.0274. The highest BCUT2D eigenvalue weighted by molar-refractivity contribution is 7.98. The van der Waals surface area contributed by atoms with Gasteiger partial charge >= 0.3 is 0 Å². The number of rotatable bonds is 7. The predicted octanol–water partition coefficient (Wildman–Crippen LogP) is 5.56. The first-order valence-corrected chi connectivity index (χ1v) is 13.9. The molecule has 3 heterocycles. The molecule has 1 atom stereocenters. The highest BCUT2D eigenvalue weighted by Crippen LogP contribution is 2.45. The fourth-order valence-corrected chi connectivity index (χ4v) is 6.29. The number of aliphatic hydroxyl groups is 1. The highest BCUT2D eigenvalue weighted by atomic mass is 32.2. The molecule has 0 saturated heterocycles. The number of hydrogen-bond acceptors (Lipinski definition) is 6. The van der Waals surface area contributed by atoms with Gasteiger partial charge < -0.3 is 23.9 Å². The lowest BCUT2D eigenvalue weighted by Crippen LogP contribution is -2.39. The summed E-state index contributed by atoms with van der Waals surface area (Å²) in [5, 5.41) is 11.4. The summed E-state index contributed by atoms with van der Waals surface area (Å²) >= 11 is 1.74. The quantitative estimate of drug-likeness (QED) is 0.325. The number of ether oxygens (including phenoxy) is 3. The number of aromatic nitrogens is 1. The van der Waals surface area contributed by atoms with Crippen LogP contribution in [-0.2, 0) is 32.7 Å². The zero-order valence-electron chi connectivity index (χ0n) is 21.5. The van der Waals surface area contributed by atoms with E-state index in [0.717, 1.165) is 59.6 Å². The molecule has 1 N–H and O–H groups in total. The third-order valence-electron chi connectivity index (χ3n) is 7.83. The van der Waals surface area contributed by atoms with Gasteiger partial charge in [0.1, 0.15) is 19.1 Å². The average Bonchev–Trinajstić information content (AvgIpc) is 3.26. The maximum absolute atomic E-state index is 10.2. The second-order valence-corrected chi connectivity index (χ2v) is 10.5. The molecule has 7 heteroatoms. The molecule has 0 radical (unpaired) electrons. The normalized spacial score (nSPS) is 16.7. The van der Waals surface area contributed by atoms with Crippen LogP contribution in [0.2, 0.25) is 0 Å². The lowest BCUT2D eigenvalue weighted by atomic mass is 9.85. The Kier molecular flexibility index (Phi) is 6.53. The second-order valence-electron chi connectivity index (χ2n) is 9.66. The lowest BCUT2D eigenvalue weighted by molar-refractivity contribution is 0.145. The van der Waals surface area contributed by atoms with Gasteiger partial charge in [-0.3, -0.25) is 4.90 Å². The lowest BCUT2D eigenvalue weighted by Gasteiger charge is -2.41. The van der Waals surface area contributed by atoms with Crippen LogP contribution in [0.1, 0.15) is 34.0 Å². The molecule has 1 unspecified atom stereocenters.